The van der Waals surface area contributed by atoms with Crippen molar-refractivity contribution in [3.8, 4) is 0 Å². The van der Waals surface area contributed by atoms with Crippen molar-refractivity contribution in [1.82, 2.24) is 4.98 Å². The summed E-state index contributed by atoms with van der Waals surface area (Å²) in [7, 11) is 0. The number of nitrogens with zero attached hydrogens (tertiary/aromatic N) is 2. The van der Waals surface area contributed by atoms with E-state index < -0.39 is 16.8 Å². The van der Waals surface area contributed by atoms with Gasteiger partial charge in [-0.15, -0.1) is 0 Å². The lowest BCUT2D eigenvalue weighted by Crippen LogP contribution is -2.24. The fourth-order valence-corrected chi connectivity index (χ4v) is 1.90. The summed E-state index contributed by atoms with van der Waals surface area (Å²) >= 11 is 0. The average molecular weight is 281 g/mol. The van der Waals surface area contributed by atoms with Crippen LogP contribution in [0.1, 0.15) is 25.8 Å². The molecule has 1 rings (SSSR count). The zero-order valence-electron chi connectivity index (χ0n) is 11.8. The number of nitrogens with one attached hydrogen (secondary N) is 1. The molecule has 110 valence electrons. The summed E-state index contributed by atoms with van der Waals surface area (Å²) in [6, 6.07) is 1.55. The number of aromatic nitrogens is 1. The number of carboxylic acids is 1. The predicted molar refractivity (Wildman–Crippen MR) is 74.7 cm³/mol. The molecule has 0 saturated heterocycles. The highest BCUT2D eigenvalue weighted by Crippen LogP contribution is 2.19. The number of aliphatic carboxylic acids is 1. The molecule has 0 amide bonds. The van der Waals surface area contributed by atoms with Gasteiger partial charge >= 0.3 is 5.97 Å². The summed E-state index contributed by atoms with van der Waals surface area (Å²) in [5.74, 6) is -0.635. The van der Waals surface area contributed by atoms with Crippen LogP contribution < -0.4 is 5.32 Å². The highest BCUT2D eigenvalue weighted by molar-refractivity contribution is 5.70. The minimum absolute atomic E-state index is 0.0486. The number of carbonyl (C=O) groups is 1. The minimum Gasteiger partial charge on any atom is -0.481 e. The zero-order valence-corrected chi connectivity index (χ0v) is 11.8. The van der Waals surface area contributed by atoms with E-state index >= 15 is 0 Å². The molecule has 2 N–H and O–H groups in total. The van der Waals surface area contributed by atoms with Gasteiger partial charge in [-0.3, -0.25) is 14.9 Å². The van der Waals surface area contributed by atoms with Gasteiger partial charge < -0.3 is 10.4 Å². The summed E-state index contributed by atoms with van der Waals surface area (Å²) in [6.45, 7) is 5.79. The molecular formula is C13H19N3O4. The standard InChI is InChI=1S/C13H19N3O4/c1-8(2)4-10(13(17)18)6-14-12-5-9(3)11(7-15-12)16(19)20/h5,7-8,10H,4,6H2,1-3H3,(H,14,15)(H,17,18). The quantitative estimate of drug-likeness (QED) is 0.587. The normalized spacial score (nSPS) is 12.2. The van der Waals surface area contributed by atoms with Crippen molar-refractivity contribution in [3.63, 3.8) is 0 Å². The van der Waals surface area contributed by atoms with Gasteiger partial charge in [-0.05, 0) is 25.3 Å². The molecular weight excluding hydrogens is 262 g/mol. The fraction of sp³-hybridized carbons (Fsp3) is 0.538. The van der Waals surface area contributed by atoms with E-state index in [1.807, 2.05) is 13.8 Å². The topological polar surface area (TPSA) is 105 Å². The predicted octanol–water partition coefficient (Wildman–Crippen LogP) is 2.46. The number of aryl methyl sites for hydroxylation is 1. The number of nitro groups is 1. The lowest BCUT2D eigenvalue weighted by molar-refractivity contribution is -0.385. The first-order valence-corrected chi connectivity index (χ1v) is 6.39. The van der Waals surface area contributed by atoms with Gasteiger partial charge in [0.05, 0.1) is 10.8 Å². The Balaban J connectivity index is 2.71. The summed E-state index contributed by atoms with van der Waals surface area (Å²) < 4.78 is 0. The molecule has 1 aromatic heterocycles. The number of pyridine rings is 1. The van der Waals surface area contributed by atoms with E-state index in [4.69, 9.17) is 5.11 Å². The molecule has 0 bridgehead atoms. The van der Waals surface area contributed by atoms with Crippen molar-refractivity contribution >= 4 is 17.5 Å². The first kappa shape index (κ1) is 15.9. The minimum atomic E-state index is -0.857. The number of hydrogen-bond donors (Lipinski definition) is 2. The molecule has 0 aromatic carbocycles. The number of rotatable bonds is 7. The molecule has 0 spiro atoms. The van der Waals surface area contributed by atoms with Crippen molar-refractivity contribution < 1.29 is 14.8 Å². The Kier molecular flexibility index (Phi) is 5.42. The highest BCUT2D eigenvalue weighted by atomic mass is 16.6. The molecule has 0 fully saturated rings. The first-order valence-electron chi connectivity index (χ1n) is 6.39. The number of hydrogen-bond acceptors (Lipinski definition) is 5. The lowest BCUT2D eigenvalue weighted by Gasteiger charge is -2.15. The van der Waals surface area contributed by atoms with Crippen molar-refractivity contribution in [2.24, 2.45) is 11.8 Å². The first-order chi connectivity index (χ1) is 9.31. The van der Waals surface area contributed by atoms with E-state index in [1.165, 1.54) is 6.20 Å². The third kappa shape index (κ3) is 4.49. The molecule has 1 atom stereocenters. The fourth-order valence-electron chi connectivity index (χ4n) is 1.90. The summed E-state index contributed by atoms with van der Waals surface area (Å²) in [4.78, 5) is 25.2. The Morgan fingerprint density at radius 2 is 2.20 bits per heavy atom. The van der Waals surface area contributed by atoms with Crippen LogP contribution in [-0.2, 0) is 4.79 Å². The Bertz CT molecular complexity index is 502. The molecule has 0 saturated carbocycles. The van der Waals surface area contributed by atoms with Crippen molar-refractivity contribution in [2.75, 3.05) is 11.9 Å². The smallest absolute Gasteiger partial charge is 0.308 e. The van der Waals surface area contributed by atoms with Crippen LogP contribution in [0.4, 0.5) is 11.5 Å². The molecule has 0 radical (unpaired) electrons. The van der Waals surface area contributed by atoms with Crippen LogP contribution in [0, 0.1) is 28.9 Å². The highest BCUT2D eigenvalue weighted by Gasteiger charge is 2.19. The Morgan fingerprint density at radius 3 is 2.65 bits per heavy atom. The maximum absolute atomic E-state index is 11.1. The molecule has 7 heteroatoms. The Labute approximate surface area is 117 Å². The van der Waals surface area contributed by atoms with Gasteiger partial charge in [0.15, 0.2) is 0 Å². The van der Waals surface area contributed by atoms with Gasteiger partial charge in [0.2, 0.25) is 0 Å². The lowest BCUT2D eigenvalue weighted by atomic mass is 9.97. The van der Waals surface area contributed by atoms with E-state index in [-0.39, 0.29) is 18.2 Å². The van der Waals surface area contributed by atoms with Gasteiger partial charge in [0.25, 0.3) is 5.69 Å². The number of carboxylic acid groups (broad SMARTS) is 1. The maximum Gasteiger partial charge on any atom is 0.308 e. The van der Waals surface area contributed by atoms with Gasteiger partial charge in [0, 0.05) is 12.1 Å². The van der Waals surface area contributed by atoms with Crippen LogP contribution in [0.15, 0.2) is 12.3 Å². The third-order valence-corrected chi connectivity index (χ3v) is 2.91. The van der Waals surface area contributed by atoms with E-state index in [0.717, 1.165) is 0 Å². The Morgan fingerprint density at radius 1 is 1.55 bits per heavy atom. The molecule has 7 nitrogen and oxygen atoms in total. The molecule has 0 aliphatic carbocycles. The van der Waals surface area contributed by atoms with E-state index in [1.54, 1.807) is 13.0 Å². The van der Waals surface area contributed by atoms with Crippen LogP contribution in [-0.4, -0.2) is 27.5 Å². The molecule has 20 heavy (non-hydrogen) atoms. The van der Waals surface area contributed by atoms with Crippen LogP contribution in [0.2, 0.25) is 0 Å². The van der Waals surface area contributed by atoms with Gasteiger partial charge in [-0.2, -0.15) is 0 Å². The monoisotopic (exact) mass is 281 g/mol. The summed E-state index contributed by atoms with van der Waals surface area (Å²) in [6.07, 6.45) is 1.74. The van der Waals surface area contributed by atoms with Crippen LogP contribution in [0.3, 0.4) is 0 Å². The average Bonchev–Trinajstić information content (AvgIpc) is 2.33. The van der Waals surface area contributed by atoms with Crippen molar-refractivity contribution in [2.45, 2.75) is 27.2 Å². The van der Waals surface area contributed by atoms with E-state index in [0.29, 0.717) is 17.8 Å². The second kappa shape index (κ2) is 6.83. The van der Waals surface area contributed by atoms with Crippen LogP contribution in [0.25, 0.3) is 0 Å². The van der Waals surface area contributed by atoms with Gasteiger partial charge in [0.1, 0.15) is 12.0 Å². The molecule has 1 unspecified atom stereocenters. The van der Waals surface area contributed by atoms with E-state index in [9.17, 15) is 14.9 Å². The maximum atomic E-state index is 11.1. The number of anilines is 1. The largest absolute Gasteiger partial charge is 0.481 e. The summed E-state index contributed by atoms with van der Waals surface area (Å²) in [5, 5.41) is 22.7. The SMILES string of the molecule is Cc1cc(NCC(CC(C)C)C(=O)O)ncc1[N+](=O)[O-]. The summed E-state index contributed by atoms with van der Waals surface area (Å²) in [5.41, 5.74) is 0.441. The van der Waals surface area contributed by atoms with Gasteiger partial charge in [-0.25, -0.2) is 4.98 Å². The van der Waals surface area contributed by atoms with Crippen LogP contribution in [0.5, 0.6) is 0 Å². The van der Waals surface area contributed by atoms with Crippen molar-refractivity contribution in [3.05, 3.63) is 27.9 Å². The van der Waals surface area contributed by atoms with Crippen LogP contribution >= 0.6 is 0 Å². The van der Waals surface area contributed by atoms with Gasteiger partial charge in [-0.1, -0.05) is 13.8 Å². The van der Waals surface area contributed by atoms with Crippen molar-refractivity contribution in [1.29, 1.82) is 0 Å². The molecule has 0 aliphatic heterocycles. The third-order valence-electron chi connectivity index (χ3n) is 2.91. The zero-order chi connectivity index (χ0) is 15.3. The second-order valence-corrected chi connectivity index (χ2v) is 5.16. The Hall–Kier alpha value is -2.18. The molecule has 1 heterocycles. The molecule has 0 aliphatic rings. The molecule has 1 aromatic rings. The van der Waals surface area contributed by atoms with E-state index in [2.05, 4.69) is 10.3 Å². The second-order valence-electron chi connectivity index (χ2n) is 5.16.